The number of likely N-dealkylation sites (N-methyl/N-ethyl adjacent to an activating group) is 1. The normalized spacial score (nSPS) is 16.5. The molecule has 2 aliphatic heterocycles. The maximum Gasteiger partial charge on any atom is 0.307 e. The lowest BCUT2D eigenvalue weighted by molar-refractivity contribution is -0.142. The Labute approximate surface area is 137 Å². The van der Waals surface area contributed by atoms with E-state index in [1.807, 2.05) is 0 Å². The number of aliphatic imine (C=N–C) groups is 1. The van der Waals surface area contributed by atoms with E-state index >= 15 is 0 Å². The molecule has 9 nitrogen and oxygen atoms in total. The van der Waals surface area contributed by atoms with Crippen LogP contribution in [-0.2, 0) is 20.9 Å². The van der Waals surface area contributed by atoms with E-state index in [9.17, 15) is 14.4 Å². The topological polar surface area (TPSA) is 120 Å². The number of fused-ring (bicyclic) bond motifs is 2. The van der Waals surface area contributed by atoms with Gasteiger partial charge in [-0.3, -0.25) is 19.7 Å². The third kappa shape index (κ3) is 3.14. The molecule has 0 saturated carbocycles. The van der Waals surface area contributed by atoms with Gasteiger partial charge in [-0.1, -0.05) is 0 Å². The Kier molecular flexibility index (Phi) is 4.07. The number of carbonyl (C=O) groups excluding carboxylic acids is 2. The third-order valence-electron chi connectivity index (χ3n) is 3.70. The molecule has 1 unspecified atom stereocenters. The van der Waals surface area contributed by atoms with Crippen LogP contribution >= 0.6 is 0 Å². The number of carboxylic acid groups (broad SMARTS) is 1. The van der Waals surface area contributed by atoms with Gasteiger partial charge >= 0.3 is 5.97 Å². The maximum atomic E-state index is 11.8. The molecular weight excluding hydrogens is 316 g/mol. The molecule has 1 saturated heterocycles. The van der Waals surface area contributed by atoms with Crippen LogP contribution in [0.15, 0.2) is 23.2 Å². The number of ether oxygens (including phenoxy) is 1. The van der Waals surface area contributed by atoms with Crippen molar-refractivity contribution in [3.05, 3.63) is 23.8 Å². The molecule has 3 N–H and O–H groups in total. The average molecular weight is 332 g/mol. The lowest BCUT2D eigenvalue weighted by Gasteiger charge is -2.23. The number of hydrogen-bond donors (Lipinski definition) is 3. The van der Waals surface area contributed by atoms with E-state index in [4.69, 9.17) is 9.84 Å². The monoisotopic (exact) mass is 332 g/mol. The molecule has 1 fully saturated rings. The largest absolute Gasteiger partial charge is 0.481 e. The summed E-state index contributed by atoms with van der Waals surface area (Å²) in [5.41, 5.74) is 1.53. The summed E-state index contributed by atoms with van der Waals surface area (Å²) in [4.78, 5) is 40.2. The highest BCUT2D eigenvalue weighted by molar-refractivity contribution is 6.05. The molecule has 0 spiro atoms. The van der Waals surface area contributed by atoms with Crippen molar-refractivity contribution in [2.75, 3.05) is 13.6 Å². The van der Waals surface area contributed by atoms with Crippen LogP contribution in [0, 0.1) is 0 Å². The number of benzene rings is 1. The lowest BCUT2D eigenvalue weighted by atomic mass is 10.1. The average Bonchev–Trinajstić information content (AvgIpc) is 2.89. The Balaban J connectivity index is 1.80. The number of carboxylic acids is 1. The molecular formula is C15H16N4O5. The fraction of sp³-hybridized carbons (Fsp3) is 0.333. The molecule has 2 amide bonds. The van der Waals surface area contributed by atoms with Gasteiger partial charge in [-0.15, -0.1) is 0 Å². The number of amides is 2. The van der Waals surface area contributed by atoms with E-state index < -0.39 is 24.4 Å². The van der Waals surface area contributed by atoms with E-state index in [1.165, 1.54) is 7.05 Å². The maximum absolute atomic E-state index is 11.8. The van der Waals surface area contributed by atoms with Crippen LogP contribution in [0.3, 0.4) is 0 Å². The third-order valence-corrected chi connectivity index (χ3v) is 3.70. The van der Waals surface area contributed by atoms with Crippen molar-refractivity contribution in [3.8, 4) is 5.75 Å². The number of carbonyl (C=O) groups is 3. The first-order valence-corrected chi connectivity index (χ1v) is 7.32. The standard InChI is InChI=1S/C15H16N4O5/c1-16-14(23)11(5-13(21)22)24-9-2-3-10-8(4-9)6-19-7-12(20)18-15(19)17-10/h2-4,11H,5-7H2,1H3,(H,16,23)(H,21,22)(H,17,18,20). The zero-order valence-electron chi connectivity index (χ0n) is 12.9. The van der Waals surface area contributed by atoms with Gasteiger partial charge in [0.05, 0.1) is 12.1 Å². The summed E-state index contributed by atoms with van der Waals surface area (Å²) >= 11 is 0. The zero-order valence-corrected chi connectivity index (χ0v) is 12.9. The highest BCUT2D eigenvalue weighted by Crippen LogP contribution is 2.30. The predicted octanol–water partition coefficient (Wildman–Crippen LogP) is -0.412. The van der Waals surface area contributed by atoms with Crippen molar-refractivity contribution in [1.29, 1.82) is 0 Å². The quantitative estimate of drug-likeness (QED) is 0.674. The Hall–Kier alpha value is -3.10. The molecule has 1 atom stereocenters. The SMILES string of the molecule is CNC(=O)C(CC(=O)O)Oc1ccc2c(c1)CN1CC(=O)NC1=N2. The van der Waals surface area contributed by atoms with Crippen LogP contribution in [0.5, 0.6) is 5.75 Å². The van der Waals surface area contributed by atoms with Gasteiger partial charge in [0, 0.05) is 19.2 Å². The number of guanidine groups is 1. The van der Waals surface area contributed by atoms with Crippen molar-refractivity contribution in [1.82, 2.24) is 15.5 Å². The van der Waals surface area contributed by atoms with Crippen molar-refractivity contribution < 1.29 is 24.2 Å². The van der Waals surface area contributed by atoms with Crippen LogP contribution in [0.2, 0.25) is 0 Å². The van der Waals surface area contributed by atoms with Crippen LogP contribution in [0.25, 0.3) is 0 Å². The molecule has 0 bridgehead atoms. The van der Waals surface area contributed by atoms with Gasteiger partial charge in [0.15, 0.2) is 6.10 Å². The van der Waals surface area contributed by atoms with Crippen LogP contribution in [0.1, 0.15) is 12.0 Å². The molecule has 9 heteroatoms. The second-order valence-corrected chi connectivity index (χ2v) is 5.45. The van der Waals surface area contributed by atoms with E-state index in [0.29, 0.717) is 23.9 Å². The number of nitrogens with zero attached hydrogens (tertiary/aromatic N) is 2. The molecule has 126 valence electrons. The molecule has 2 aliphatic rings. The fourth-order valence-corrected chi connectivity index (χ4v) is 2.58. The van der Waals surface area contributed by atoms with Gasteiger partial charge in [0.2, 0.25) is 11.9 Å². The Bertz CT molecular complexity index is 745. The Morgan fingerprint density at radius 3 is 2.96 bits per heavy atom. The lowest BCUT2D eigenvalue weighted by Crippen LogP contribution is -2.38. The summed E-state index contributed by atoms with van der Waals surface area (Å²) in [6, 6.07) is 5.03. The van der Waals surface area contributed by atoms with E-state index in [2.05, 4.69) is 15.6 Å². The van der Waals surface area contributed by atoms with Gasteiger partial charge in [0.1, 0.15) is 12.3 Å². The van der Waals surface area contributed by atoms with E-state index in [0.717, 1.165) is 5.56 Å². The van der Waals surface area contributed by atoms with Crippen LogP contribution in [0.4, 0.5) is 5.69 Å². The predicted molar refractivity (Wildman–Crippen MR) is 82.8 cm³/mol. The summed E-state index contributed by atoms with van der Waals surface area (Å²) in [5.74, 6) is -0.850. The van der Waals surface area contributed by atoms with Gasteiger partial charge in [0.25, 0.3) is 5.91 Å². The van der Waals surface area contributed by atoms with Crippen molar-refractivity contribution in [2.45, 2.75) is 19.1 Å². The molecule has 24 heavy (non-hydrogen) atoms. The minimum absolute atomic E-state index is 0.112. The summed E-state index contributed by atoms with van der Waals surface area (Å²) in [6.45, 7) is 0.719. The highest BCUT2D eigenvalue weighted by atomic mass is 16.5. The molecule has 2 heterocycles. The zero-order chi connectivity index (χ0) is 17.3. The minimum atomic E-state index is -1.13. The smallest absolute Gasteiger partial charge is 0.307 e. The molecule has 0 radical (unpaired) electrons. The van der Waals surface area contributed by atoms with Crippen LogP contribution < -0.4 is 15.4 Å². The van der Waals surface area contributed by atoms with Crippen LogP contribution in [-0.4, -0.2) is 53.4 Å². The summed E-state index contributed by atoms with van der Waals surface area (Å²) < 4.78 is 5.53. The van der Waals surface area contributed by atoms with Gasteiger partial charge in [-0.25, -0.2) is 4.99 Å². The molecule has 3 rings (SSSR count). The van der Waals surface area contributed by atoms with Gasteiger partial charge < -0.3 is 20.1 Å². The fourth-order valence-electron chi connectivity index (χ4n) is 2.58. The number of aliphatic carboxylic acids is 1. The summed E-state index contributed by atoms with van der Waals surface area (Å²) in [5, 5.41) is 14.0. The Morgan fingerprint density at radius 2 is 2.25 bits per heavy atom. The van der Waals surface area contributed by atoms with Crippen molar-refractivity contribution >= 4 is 29.4 Å². The Morgan fingerprint density at radius 1 is 1.46 bits per heavy atom. The summed E-state index contributed by atoms with van der Waals surface area (Å²) in [7, 11) is 1.42. The van der Waals surface area contributed by atoms with Gasteiger partial charge in [-0.2, -0.15) is 0 Å². The second kappa shape index (κ2) is 6.19. The summed E-state index contributed by atoms with van der Waals surface area (Å²) in [6.07, 6.45) is -1.56. The van der Waals surface area contributed by atoms with Crippen molar-refractivity contribution in [3.63, 3.8) is 0 Å². The van der Waals surface area contributed by atoms with Crippen molar-refractivity contribution in [2.24, 2.45) is 4.99 Å². The first-order valence-electron chi connectivity index (χ1n) is 7.32. The molecule has 1 aromatic rings. The number of nitrogens with one attached hydrogen (secondary N) is 2. The molecule has 1 aromatic carbocycles. The molecule has 0 aromatic heterocycles. The number of hydrogen-bond acceptors (Lipinski definition) is 6. The van der Waals surface area contributed by atoms with E-state index in [-0.39, 0.29) is 12.5 Å². The highest BCUT2D eigenvalue weighted by Gasteiger charge is 2.29. The second-order valence-electron chi connectivity index (χ2n) is 5.45. The number of rotatable bonds is 5. The van der Waals surface area contributed by atoms with Gasteiger partial charge in [-0.05, 0) is 18.2 Å². The minimum Gasteiger partial charge on any atom is -0.481 e. The molecule has 0 aliphatic carbocycles. The first-order chi connectivity index (χ1) is 11.5. The first kappa shape index (κ1) is 15.8. The van der Waals surface area contributed by atoms with E-state index in [1.54, 1.807) is 23.1 Å².